The van der Waals surface area contributed by atoms with Crippen molar-refractivity contribution in [1.29, 1.82) is 0 Å². The molecule has 0 saturated heterocycles. The topological polar surface area (TPSA) is 50.7 Å². The highest BCUT2D eigenvalue weighted by Crippen LogP contribution is 2.35. The van der Waals surface area contributed by atoms with Gasteiger partial charge in [-0.1, -0.05) is 41.6 Å². The van der Waals surface area contributed by atoms with Gasteiger partial charge in [0.1, 0.15) is 9.91 Å². The Balaban J connectivity index is 1.92. The largest absolute Gasteiger partial charge is 0.466 e. The van der Waals surface area contributed by atoms with E-state index in [1.165, 1.54) is 5.56 Å². The molecule has 2 rings (SSSR count). The minimum atomic E-state index is -0.243. The number of benzene rings is 1. The molecule has 0 fully saturated rings. The van der Waals surface area contributed by atoms with Gasteiger partial charge >= 0.3 is 5.97 Å². The lowest BCUT2D eigenvalue weighted by Crippen LogP contribution is -2.32. The maximum atomic E-state index is 11.4. The van der Waals surface area contributed by atoms with Gasteiger partial charge in [-0.15, -0.1) is 0 Å². The van der Waals surface area contributed by atoms with Crippen LogP contribution in [0, 0.1) is 6.92 Å². The minimum Gasteiger partial charge on any atom is -0.466 e. The van der Waals surface area contributed by atoms with Crippen LogP contribution in [0.5, 0.6) is 0 Å². The van der Waals surface area contributed by atoms with Crippen LogP contribution in [0.2, 0.25) is 0 Å². The molecule has 0 amide bonds. The van der Waals surface area contributed by atoms with Gasteiger partial charge in [0.15, 0.2) is 0 Å². The average molecular weight is 292 g/mol. The van der Waals surface area contributed by atoms with E-state index in [2.05, 4.69) is 48.6 Å². The van der Waals surface area contributed by atoms with Gasteiger partial charge in [-0.25, -0.2) is 0 Å². The number of aryl methyl sites for hydroxylation is 1. The number of hydrogen-bond donors (Lipinski definition) is 1. The van der Waals surface area contributed by atoms with Crippen LogP contribution in [0.25, 0.3) is 0 Å². The molecule has 0 saturated carbocycles. The molecule has 0 spiro atoms. The average Bonchev–Trinajstić information content (AvgIpc) is 2.81. The summed E-state index contributed by atoms with van der Waals surface area (Å²) in [6.45, 7) is 6.37. The van der Waals surface area contributed by atoms with Crippen molar-refractivity contribution >= 4 is 22.8 Å². The number of esters is 1. The van der Waals surface area contributed by atoms with Crippen molar-refractivity contribution in [2.75, 3.05) is 6.61 Å². The van der Waals surface area contributed by atoms with E-state index in [1.54, 1.807) is 11.8 Å². The number of rotatable bonds is 5. The van der Waals surface area contributed by atoms with Crippen LogP contribution >= 0.6 is 11.8 Å². The molecule has 5 heteroatoms. The van der Waals surface area contributed by atoms with Crippen LogP contribution < -0.4 is 5.43 Å². The van der Waals surface area contributed by atoms with Crippen LogP contribution in [0.15, 0.2) is 29.4 Å². The molecule has 0 radical (unpaired) electrons. The number of carbonyl (C=O) groups excluding carboxylic acids is 1. The second kappa shape index (κ2) is 6.31. The second-order valence-corrected chi connectivity index (χ2v) is 6.52. The zero-order chi connectivity index (χ0) is 14.6. The van der Waals surface area contributed by atoms with Crippen molar-refractivity contribution < 1.29 is 9.53 Å². The van der Waals surface area contributed by atoms with E-state index in [1.807, 2.05) is 6.92 Å². The number of nitrogens with zero attached hydrogens (tertiary/aromatic N) is 1. The molecule has 1 aromatic rings. The Morgan fingerprint density at radius 3 is 2.75 bits per heavy atom. The summed E-state index contributed by atoms with van der Waals surface area (Å²) in [6.07, 6.45) is 1.09. The number of carbonyl (C=O) groups is 1. The van der Waals surface area contributed by atoms with Gasteiger partial charge in [0.05, 0.1) is 6.61 Å². The smallest absolute Gasteiger partial charge is 0.305 e. The highest BCUT2D eigenvalue weighted by molar-refractivity contribution is 8.15. The number of hydrogen-bond acceptors (Lipinski definition) is 5. The molecule has 1 aliphatic heterocycles. The van der Waals surface area contributed by atoms with Crippen LogP contribution in [-0.4, -0.2) is 22.5 Å². The van der Waals surface area contributed by atoms with Crippen molar-refractivity contribution in [2.24, 2.45) is 5.10 Å². The fourth-order valence-electron chi connectivity index (χ4n) is 1.93. The third kappa shape index (κ3) is 3.76. The lowest BCUT2D eigenvalue weighted by molar-refractivity contribution is -0.143. The van der Waals surface area contributed by atoms with E-state index in [4.69, 9.17) is 4.74 Å². The SMILES string of the molecule is CCOC(=O)CC[C@@]1(C)NN=C(c2ccc(C)cc2)S1. The zero-order valence-electron chi connectivity index (χ0n) is 12.1. The van der Waals surface area contributed by atoms with Crippen molar-refractivity contribution in [3.8, 4) is 0 Å². The number of nitrogens with one attached hydrogen (secondary N) is 1. The third-order valence-electron chi connectivity index (χ3n) is 3.13. The molecule has 0 unspecified atom stereocenters. The second-order valence-electron chi connectivity index (χ2n) is 5.03. The van der Waals surface area contributed by atoms with Gasteiger partial charge in [0, 0.05) is 12.0 Å². The van der Waals surface area contributed by atoms with Gasteiger partial charge in [0.25, 0.3) is 0 Å². The summed E-state index contributed by atoms with van der Waals surface area (Å²) in [6, 6.07) is 8.29. The van der Waals surface area contributed by atoms with E-state index in [0.717, 1.165) is 10.6 Å². The Morgan fingerprint density at radius 1 is 1.40 bits per heavy atom. The fourth-order valence-corrected chi connectivity index (χ4v) is 3.00. The summed E-state index contributed by atoms with van der Waals surface area (Å²) < 4.78 is 4.96. The highest BCUT2D eigenvalue weighted by atomic mass is 32.2. The zero-order valence-corrected chi connectivity index (χ0v) is 12.9. The molecule has 0 aromatic heterocycles. The summed E-state index contributed by atoms with van der Waals surface area (Å²) in [5.41, 5.74) is 5.47. The Kier molecular flexibility index (Phi) is 4.70. The molecule has 108 valence electrons. The Morgan fingerprint density at radius 2 is 2.10 bits per heavy atom. The first-order chi connectivity index (χ1) is 9.52. The predicted octanol–water partition coefficient (Wildman–Crippen LogP) is 3.05. The number of thioether (sulfide) groups is 1. The summed E-state index contributed by atoms with van der Waals surface area (Å²) in [5, 5.41) is 5.36. The van der Waals surface area contributed by atoms with Gasteiger partial charge in [-0.2, -0.15) is 5.10 Å². The third-order valence-corrected chi connectivity index (χ3v) is 4.39. The molecule has 4 nitrogen and oxygen atoms in total. The van der Waals surface area contributed by atoms with Crippen molar-refractivity contribution in [3.05, 3.63) is 35.4 Å². The lowest BCUT2D eigenvalue weighted by Gasteiger charge is -2.21. The van der Waals surface area contributed by atoms with Crippen molar-refractivity contribution in [3.63, 3.8) is 0 Å². The van der Waals surface area contributed by atoms with E-state index in [9.17, 15) is 4.79 Å². The van der Waals surface area contributed by atoms with Crippen LogP contribution in [0.4, 0.5) is 0 Å². The standard InChI is InChI=1S/C15H20N2O2S/c1-4-19-13(18)9-10-15(3)17-16-14(20-15)12-7-5-11(2)6-8-12/h5-8,17H,4,9-10H2,1-3H3/t15-/m0/s1. The molecule has 1 heterocycles. The quantitative estimate of drug-likeness (QED) is 0.847. The highest BCUT2D eigenvalue weighted by Gasteiger charge is 2.33. The molecule has 0 bridgehead atoms. The normalized spacial score (nSPS) is 21.2. The van der Waals surface area contributed by atoms with Crippen molar-refractivity contribution in [2.45, 2.75) is 38.5 Å². The Hall–Kier alpha value is -1.49. The number of ether oxygens (including phenoxy) is 1. The molecular weight excluding hydrogens is 272 g/mol. The Labute approximate surface area is 124 Å². The van der Waals surface area contributed by atoms with Gasteiger partial charge in [-0.05, 0) is 27.2 Å². The molecule has 0 aliphatic carbocycles. The summed E-state index contributed by atoms with van der Waals surface area (Å²) >= 11 is 1.66. The first kappa shape index (κ1) is 14.9. The minimum absolute atomic E-state index is 0.153. The maximum Gasteiger partial charge on any atom is 0.305 e. The molecule has 1 atom stereocenters. The lowest BCUT2D eigenvalue weighted by atomic mass is 10.2. The number of hydrazone groups is 1. The molecule has 1 aromatic carbocycles. The van der Waals surface area contributed by atoms with Crippen molar-refractivity contribution in [1.82, 2.24) is 5.43 Å². The van der Waals surface area contributed by atoms with E-state index in [-0.39, 0.29) is 10.8 Å². The van der Waals surface area contributed by atoms with E-state index >= 15 is 0 Å². The first-order valence-corrected chi connectivity index (χ1v) is 7.60. The van der Waals surface area contributed by atoms with Gasteiger partial charge in [-0.3, -0.25) is 10.2 Å². The van der Waals surface area contributed by atoms with E-state index < -0.39 is 0 Å². The molecule has 1 N–H and O–H groups in total. The summed E-state index contributed by atoms with van der Waals surface area (Å²) in [4.78, 5) is 11.2. The van der Waals surface area contributed by atoms with Gasteiger partial charge in [0.2, 0.25) is 0 Å². The first-order valence-electron chi connectivity index (χ1n) is 6.79. The van der Waals surface area contributed by atoms with Crippen LogP contribution in [0.3, 0.4) is 0 Å². The maximum absolute atomic E-state index is 11.4. The monoisotopic (exact) mass is 292 g/mol. The molecule has 20 heavy (non-hydrogen) atoms. The van der Waals surface area contributed by atoms with Crippen LogP contribution in [0.1, 0.15) is 37.8 Å². The summed E-state index contributed by atoms with van der Waals surface area (Å²) in [7, 11) is 0. The Bertz CT molecular complexity index is 513. The fraction of sp³-hybridized carbons (Fsp3) is 0.467. The molecular formula is C15H20N2O2S. The van der Waals surface area contributed by atoms with Gasteiger partial charge < -0.3 is 4.74 Å². The van der Waals surface area contributed by atoms with E-state index in [0.29, 0.717) is 19.4 Å². The predicted molar refractivity (Wildman–Crippen MR) is 82.7 cm³/mol. The van der Waals surface area contributed by atoms with Crippen LogP contribution in [-0.2, 0) is 9.53 Å². The summed E-state index contributed by atoms with van der Waals surface area (Å²) in [5.74, 6) is -0.153. The molecule has 1 aliphatic rings.